The highest BCUT2D eigenvalue weighted by Crippen LogP contribution is 2.13. The normalized spacial score (nSPS) is 10.9. The van der Waals surface area contributed by atoms with Gasteiger partial charge in [0.2, 0.25) is 4.73 Å². The Morgan fingerprint density at radius 2 is 2.27 bits per heavy atom. The fourth-order valence-corrected chi connectivity index (χ4v) is 1.85. The van der Waals surface area contributed by atoms with Gasteiger partial charge in [0.25, 0.3) is 0 Å². The van der Waals surface area contributed by atoms with Gasteiger partial charge in [-0.05, 0) is 39.8 Å². The third kappa shape index (κ3) is 3.29. The number of nitrogens with zero attached hydrogens (tertiary/aromatic N) is 2. The van der Waals surface area contributed by atoms with E-state index in [9.17, 15) is 0 Å². The summed E-state index contributed by atoms with van der Waals surface area (Å²) in [5, 5.41) is 1.13. The molecule has 0 saturated carbocycles. The second-order valence-electron chi connectivity index (χ2n) is 2.89. The van der Waals surface area contributed by atoms with Crippen LogP contribution < -0.4 is 0 Å². The van der Waals surface area contributed by atoms with Crippen LogP contribution in [0.1, 0.15) is 25.3 Å². The minimum atomic E-state index is 0.723. The van der Waals surface area contributed by atoms with Gasteiger partial charge in [-0.3, -0.25) is 0 Å². The molecule has 11 heavy (non-hydrogen) atoms. The molecule has 0 unspecified atom stereocenters. The van der Waals surface area contributed by atoms with Gasteiger partial charge in [0.1, 0.15) is 5.01 Å². The first-order valence-electron chi connectivity index (χ1n) is 3.66. The van der Waals surface area contributed by atoms with Crippen molar-refractivity contribution in [2.45, 2.75) is 26.7 Å². The maximum atomic E-state index is 4.21. The summed E-state index contributed by atoms with van der Waals surface area (Å²) in [6.07, 6.45) is 2.25. The molecule has 62 valence electrons. The Kier molecular flexibility index (Phi) is 3.45. The first-order valence-corrected chi connectivity index (χ1v) is 5.23. The van der Waals surface area contributed by atoms with E-state index in [-0.39, 0.29) is 0 Å². The van der Waals surface area contributed by atoms with Crippen molar-refractivity contribution in [2.75, 3.05) is 0 Å². The first kappa shape index (κ1) is 9.13. The fraction of sp³-hybridized carbons (Fsp3) is 0.714. The molecule has 1 aromatic heterocycles. The molecule has 1 rings (SSSR count). The van der Waals surface area contributed by atoms with Gasteiger partial charge in [-0.2, -0.15) is 4.37 Å². The molecule has 0 saturated heterocycles. The van der Waals surface area contributed by atoms with Gasteiger partial charge in [0.15, 0.2) is 0 Å². The van der Waals surface area contributed by atoms with Gasteiger partial charge in [-0.15, -0.1) is 0 Å². The lowest BCUT2D eigenvalue weighted by Crippen LogP contribution is -1.90. The van der Waals surface area contributed by atoms with E-state index < -0.39 is 0 Å². The highest BCUT2D eigenvalue weighted by Gasteiger charge is 2.01. The number of halogens is 1. The van der Waals surface area contributed by atoms with Gasteiger partial charge >= 0.3 is 0 Å². The average molecular weight is 235 g/mol. The van der Waals surface area contributed by atoms with Crippen molar-refractivity contribution in [3.63, 3.8) is 0 Å². The highest BCUT2D eigenvalue weighted by molar-refractivity contribution is 9.10. The molecule has 2 nitrogen and oxygen atoms in total. The summed E-state index contributed by atoms with van der Waals surface area (Å²) in [6, 6.07) is 0. The van der Waals surface area contributed by atoms with Crippen LogP contribution in [-0.2, 0) is 6.42 Å². The van der Waals surface area contributed by atoms with Gasteiger partial charge in [0, 0.05) is 6.42 Å². The zero-order valence-corrected chi connectivity index (χ0v) is 9.07. The van der Waals surface area contributed by atoms with Crippen LogP contribution >= 0.6 is 27.5 Å². The number of aryl methyl sites for hydroxylation is 1. The molecule has 0 N–H and O–H groups in total. The maximum Gasteiger partial charge on any atom is 0.209 e. The Morgan fingerprint density at radius 1 is 1.55 bits per heavy atom. The zero-order chi connectivity index (χ0) is 8.27. The predicted molar refractivity (Wildman–Crippen MR) is 50.8 cm³/mol. The summed E-state index contributed by atoms with van der Waals surface area (Å²) < 4.78 is 4.77. The van der Waals surface area contributed by atoms with Crippen molar-refractivity contribution in [1.29, 1.82) is 0 Å². The van der Waals surface area contributed by atoms with Crippen LogP contribution in [0, 0.1) is 5.92 Å². The number of aromatic nitrogens is 2. The Bertz CT molecular complexity index is 222. The smallest absolute Gasteiger partial charge is 0.209 e. The molecule has 0 spiro atoms. The van der Waals surface area contributed by atoms with Crippen LogP contribution in [0.15, 0.2) is 4.73 Å². The molecule has 0 atom stereocenters. The molecule has 0 aromatic carbocycles. The summed E-state index contributed by atoms with van der Waals surface area (Å²) in [4.78, 5) is 4.21. The van der Waals surface area contributed by atoms with Crippen molar-refractivity contribution >= 4 is 27.5 Å². The molecule has 0 aliphatic carbocycles. The van der Waals surface area contributed by atoms with Gasteiger partial charge < -0.3 is 0 Å². The first-order chi connectivity index (χ1) is 5.18. The van der Waals surface area contributed by atoms with E-state index in [4.69, 9.17) is 0 Å². The van der Waals surface area contributed by atoms with E-state index in [1.54, 1.807) is 0 Å². The Morgan fingerprint density at radius 3 is 2.73 bits per heavy atom. The Balaban J connectivity index is 2.39. The van der Waals surface area contributed by atoms with E-state index in [1.807, 2.05) is 0 Å². The lowest BCUT2D eigenvalue weighted by Gasteiger charge is -1.99. The maximum absolute atomic E-state index is 4.21. The lowest BCUT2D eigenvalue weighted by molar-refractivity contribution is 0.585. The SMILES string of the molecule is CC(C)CCc1nc(Br)ns1. The van der Waals surface area contributed by atoms with Crippen LogP contribution in [0.4, 0.5) is 0 Å². The topological polar surface area (TPSA) is 25.8 Å². The summed E-state index contributed by atoms with van der Waals surface area (Å²) in [5.41, 5.74) is 0. The average Bonchev–Trinajstić information content (AvgIpc) is 2.31. The predicted octanol–water partition coefficient (Wildman–Crippen LogP) is 2.89. The van der Waals surface area contributed by atoms with Crippen LogP contribution in [-0.4, -0.2) is 9.36 Å². The van der Waals surface area contributed by atoms with E-state index in [0.717, 1.165) is 22.1 Å². The quantitative estimate of drug-likeness (QED) is 0.804. The molecule has 0 aliphatic heterocycles. The van der Waals surface area contributed by atoms with Gasteiger partial charge in [-0.25, -0.2) is 4.98 Å². The van der Waals surface area contributed by atoms with Crippen LogP contribution in [0.2, 0.25) is 0 Å². The van der Waals surface area contributed by atoms with Gasteiger partial charge in [-0.1, -0.05) is 13.8 Å². The molecular weight excluding hydrogens is 224 g/mol. The van der Waals surface area contributed by atoms with Crippen LogP contribution in [0.5, 0.6) is 0 Å². The molecule has 1 heterocycles. The van der Waals surface area contributed by atoms with Crippen molar-refractivity contribution in [3.05, 3.63) is 9.74 Å². The molecule has 0 amide bonds. The standard InChI is InChI=1S/C7H11BrN2S/c1-5(2)3-4-6-9-7(8)10-11-6/h5H,3-4H2,1-2H3. The molecule has 0 radical (unpaired) electrons. The monoisotopic (exact) mass is 234 g/mol. The van der Waals surface area contributed by atoms with Crippen LogP contribution in [0.3, 0.4) is 0 Å². The Labute approximate surface area is 79.3 Å². The Hall–Kier alpha value is 0.0400. The van der Waals surface area contributed by atoms with E-state index in [0.29, 0.717) is 0 Å². The second-order valence-corrected chi connectivity index (χ2v) is 4.44. The second kappa shape index (κ2) is 4.16. The number of rotatable bonds is 3. The summed E-state index contributed by atoms with van der Waals surface area (Å²) >= 11 is 4.71. The van der Waals surface area contributed by atoms with Gasteiger partial charge in [0.05, 0.1) is 0 Å². The number of hydrogen-bond donors (Lipinski definition) is 0. The summed E-state index contributed by atoms with van der Waals surface area (Å²) in [5.74, 6) is 0.748. The van der Waals surface area contributed by atoms with E-state index in [2.05, 4.69) is 39.1 Å². The highest BCUT2D eigenvalue weighted by atomic mass is 79.9. The molecular formula is C7H11BrN2S. The largest absolute Gasteiger partial charge is 0.214 e. The van der Waals surface area contributed by atoms with Crippen molar-refractivity contribution in [1.82, 2.24) is 9.36 Å². The van der Waals surface area contributed by atoms with Crippen LogP contribution in [0.25, 0.3) is 0 Å². The third-order valence-electron chi connectivity index (χ3n) is 1.38. The minimum Gasteiger partial charge on any atom is -0.214 e. The van der Waals surface area contributed by atoms with Crippen molar-refractivity contribution in [2.24, 2.45) is 5.92 Å². The third-order valence-corrected chi connectivity index (χ3v) is 2.74. The molecule has 1 aromatic rings. The molecule has 0 bridgehead atoms. The summed E-state index contributed by atoms with van der Waals surface area (Å²) in [7, 11) is 0. The van der Waals surface area contributed by atoms with Crippen molar-refractivity contribution < 1.29 is 0 Å². The van der Waals surface area contributed by atoms with E-state index in [1.165, 1.54) is 18.0 Å². The molecule has 0 fully saturated rings. The van der Waals surface area contributed by atoms with Crippen molar-refractivity contribution in [3.8, 4) is 0 Å². The number of hydrogen-bond acceptors (Lipinski definition) is 3. The minimum absolute atomic E-state index is 0.723. The fourth-order valence-electron chi connectivity index (χ4n) is 0.748. The zero-order valence-electron chi connectivity index (χ0n) is 6.67. The summed E-state index contributed by atoms with van der Waals surface area (Å²) in [6.45, 7) is 4.44. The molecule has 0 aliphatic rings. The lowest BCUT2D eigenvalue weighted by atomic mass is 10.1. The molecule has 4 heteroatoms. The van der Waals surface area contributed by atoms with E-state index >= 15 is 0 Å².